The molecule has 9 aromatic carbocycles. The lowest BCUT2D eigenvalue weighted by Crippen LogP contribution is -2.15. The van der Waals surface area contributed by atoms with E-state index in [4.69, 9.17) is 9.40 Å². The minimum Gasteiger partial charge on any atom is -0.436 e. The summed E-state index contributed by atoms with van der Waals surface area (Å²) in [6.45, 7) is 11.7. The minimum atomic E-state index is -0.175. The number of rotatable bonds is 4. The Morgan fingerprint density at radius 1 is 0.367 bits per heavy atom. The van der Waals surface area contributed by atoms with Crippen LogP contribution in [-0.4, -0.2) is 4.98 Å². The highest BCUT2D eigenvalue weighted by atomic mass is 16.3. The topological polar surface area (TPSA) is 26.0 Å². The molecular formula is C58H43NO. The van der Waals surface area contributed by atoms with E-state index in [1.54, 1.807) is 0 Å². The Bertz CT molecular complexity index is 3420. The van der Waals surface area contributed by atoms with Crippen molar-refractivity contribution in [2.75, 3.05) is 0 Å². The van der Waals surface area contributed by atoms with Crippen molar-refractivity contribution in [2.24, 2.45) is 0 Å². The first-order valence-corrected chi connectivity index (χ1v) is 21.1. The Labute approximate surface area is 350 Å². The minimum absolute atomic E-state index is 0.149. The fourth-order valence-corrected chi connectivity index (χ4v) is 10.4. The van der Waals surface area contributed by atoms with Gasteiger partial charge in [-0.3, -0.25) is 0 Å². The van der Waals surface area contributed by atoms with E-state index in [1.165, 1.54) is 105 Å². The van der Waals surface area contributed by atoms with Crippen LogP contribution >= 0.6 is 0 Å². The SMILES string of the molecule is Cc1cc2cc(-c3ccc4ccccc4c3)ccc2cc1-c1ccc2c(c1)C(C)(C)c1cc(-c3ccc4c(c3)C(C)(C)c3cc(-c5nc6ccccc6o5)ccc3-4)ccc1-2. The van der Waals surface area contributed by atoms with E-state index >= 15 is 0 Å². The number of oxazole rings is 1. The van der Waals surface area contributed by atoms with Crippen LogP contribution in [0.3, 0.4) is 0 Å². The summed E-state index contributed by atoms with van der Waals surface area (Å²) in [7, 11) is 0. The first-order chi connectivity index (χ1) is 29.1. The van der Waals surface area contributed by atoms with Crippen molar-refractivity contribution in [3.05, 3.63) is 198 Å². The van der Waals surface area contributed by atoms with Gasteiger partial charge in [-0.15, -0.1) is 0 Å². The quantitative estimate of drug-likeness (QED) is 0.178. The molecule has 0 amide bonds. The summed E-state index contributed by atoms with van der Waals surface area (Å²) in [5.41, 5.74) is 21.9. The van der Waals surface area contributed by atoms with Crippen LogP contribution in [0.25, 0.3) is 99.7 Å². The average molecular weight is 770 g/mol. The van der Waals surface area contributed by atoms with Crippen LogP contribution in [0.15, 0.2) is 174 Å². The maximum atomic E-state index is 6.18. The summed E-state index contributed by atoms with van der Waals surface area (Å²) >= 11 is 0. The maximum absolute atomic E-state index is 6.18. The molecule has 0 unspecified atom stereocenters. The van der Waals surface area contributed by atoms with Gasteiger partial charge in [-0.1, -0.05) is 137 Å². The van der Waals surface area contributed by atoms with Gasteiger partial charge in [-0.05, 0) is 173 Å². The molecule has 2 nitrogen and oxygen atoms in total. The summed E-state index contributed by atoms with van der Waals surface area (Å²) < 4.78 is 6.18. The zero-order valence-corrected chi connectivity index (χ0v) is 34.5. The average Bonchev–Trinajstić information content (AvgIpc) is 3.88. The molecule has 10 aromatic rings. The van der Waals surface area contributed by atoms with Crippen molar-refractivity contribution in [3.8, 4) is 67.1 Å². The molecule has 0 saturated heterocycles. The molecule has 12 rings (SSSR count). The van der Waals surface area contributed by atoms with E-state index in [9.17, 15) is 0 Å². The zero-order valence-electron chi connectivity index (χ0n) is 34.5. The molecule has 0 atom stereocenters. The van der Waals surface area contributed by atoms with E-state index in [0.717, 1.165) is 16.7 Å². The van der Waals surface area contributed by atoms with Crippen LogP contribution in [0.1, 0.15) is 55.5 Å². The van der Waals surface area contributed by atoms with Gasteiger partial charge in [0.2, 0.25) is 5.89 Å². The highest BCUT2D eigenvalue weighted by Gasteiger charge is 2.38. The van der Waals surface area contributed by atoms with Crippen molar-refractivity contribution >= 4 is 32.6 Å². The van der Waals surface area contributed by atoms with E-state index in [-0.39, 0.29) is 10.8 Å². The molecule has 60 heavy (non-hydrogen) atoms. The van der Waals surface area contributed by atoms with Crippen LogP contribution in [0.2, 0.25) is 0 Å². The van der Waals surface area contributed by atoms with Crippen LogP contribution in [0, 0.1) is 6.92 Å². The summed E-state index contributed by atoms with van der Waals surface area (Å²) in [5.74, 6) is 0.666. The van der Waals surface area contributed by atoms with Crippen LogP contribution in [-0.2, 0) is 10.8 Å². The lowest BCUT2D eigenvalue weighted by Gasteiger charge is -2.24. The van der Waals surface area contributed by atoms with Crippen molar-refractivity contribution in [3.63, 3.8) is 0 Å². The lowest BCUT2D eigenvalue weighted by atomic mass is 9.79. The number of aromatic nitrogens is 1. The summed E-state index contributed by atoms with van der Waals surface area (Å²) in [6.07, 6.45) is 0. The smallest absolute Gasteiger partial charge is 0.227 e. The Morgan fingerprint density at radius 2 is 0.817 bits per heavy atom. The van der Waals surface area contributed by atoms with E-state index in [0.29, 0.717) is 5.89 Å². The largest absolute Gasteiger partial charge is 0.436 e. The second-order valence-corrected chi connectivity index (χ2v) is 18.1. The molecule has 1 aromatic heterocycles. The Morgan fingerprint density at radius 3 is 1.45 bits per heavy atom. The Kier molecular flexibility index (Phi) is 7.28. The van der Waals surface area contributed by atoms with Gasteiger partial charge in [-0.2, -0.15) is 0 Å². The molecule has 0 bridgehead atoms. The van der Waals surface area contributed by atoms with Crippen molar-refractivity contribution in [2.45, 2.75) is 45.4 Å². The lowest BCUT2D eigenvalue weighted by molar-refractivity contribution is 0.618. The molecule has 0 N–H and O–H groups in total. The summed E-state index contributed by atoms with van der Waals surface area (Å²) in [5, 5.41) is 5.07. The van der Waals surface area contributed by atoms with Crippen molar-refractivity contribution < 1.29 is 4.42 Å². The summed E-state index contributed by atoms with van der Waals surface area (Å²) in [4.78, 5) is 4.80. The fraction of sp³-hybridized carbons (Fsp3) is 0.121. The summed E-state index contributed by atoms with van der Waals surface area (Å²) in [6, 6.07) is 63.0. The Hall–Kier alpha value is -7.03. The number of hydrogen-bond donors (Lipinski definition) is 0. The standard InChI is InChI=1S/C58H43NO/c1-34-26-44-28-38(37-15-14-35-10-6-7-11-36(35)27-37)16-17-39(44)29-49(34)42-20-24-47-45-22-18-40(30-50(45)57(2,3)52(47)32-42)41-19-23-46-48-25-21-43(33-53(48)58(4,5)51(46)31-41)56-59-54-12-8-9-13-55(54)60-56/h6-33H,1-5H3. The third-order valence-corrected chi connectivity index (χ3v) is 13.8. The monoisotopic (exact) mass is 769 g/mol. The number of aryl methyl sites for hydroxylation is 1. The van der Waals surface area contributed by atoms with Gasteiger partial charge in [0.05, 0.1) is 0 Å². The fourth-order valence-electron chi connectivity index (χ4n) is 10.4. The van der Waals surface area contributed by atoms with E-state index in [2.05, 4.69) is 180 Å². The number of hydrogen-bond acceptors (Lipinski definition) is 2. The van der Waals surface area contributed by atoms with Crippen molar-refractivity contribution in [1.29, 1.82) is 0 Å². The van der Waals surface area contributed by atoms with E-state index < -0.39 is 0 Å². The van der Waals surface area contributed by atoms with Gasteiger partial charge in [0, 0.05) is 16.4 Å². The molecule has 1 heterocycles. The normalized spacial score (nSPS) is 14.3. The predicted molar refractivity (Wildman–Crippen MR) is 251 cm³/mol. The van der Waals surface area contributed by atoms with Crippen LogP contribution < -0.4 is 0 Å². The van der Waals surface area contributed by atoms with Crippen LogP contribution in [0.5, 0.6) is 0 Å². The molecule has 2 aliphatic rings. The molecule has 0 radical (unpaired) electrons. The van der Waals surface area contributed by atoms with Gasteiger partial charge in [0.15, 0.2) is 5.58 Å². The second-order valence-electron chi connectivity index (χ2n) is 18.1. The first kappa shape index (κ1) is 35.0. The van der Waals surface area contributed by atoms with E-state index in [1.807, 2.05) is 24.3 Å². The number of benzene rings is 9. The highest BCUT2D eigenvalue weighted by molar-refractivity contribution is 5.95. The highest BCUT2D eigenvalue weighted by Crippen LogP contribution is 2.53. The predicted octanol–water partition coefficient (Wildman–Crippen LogP) is 15.7. The maximum Gasteiger partial charge on any atom is 0.227 e. The number of nitrogens with zero attached hydrogens (tertiary/aromatic N) is 1. The second kappa shape index (κ2) is 12.5. The van der Waals surface area contributed by atoms with Gasteiger partial charge in [-0.25, -0.2) is 4.98 Å². The third kappa shape index (κ3) is 5.17. The van der Waals surface area contributed by atoms with Gasteiger partial charge < -0.3 is 4.42 Å². The third-order valence-electron chi connectivity index (χ3n) is 13.8. The Balaban J connectivity index is 0.856. The molecule has 0 aliphatic heterocycles. The number of fused-ring (bicyclic) bond motifs is 9. The molecule has 2 heteroatoms. The molecule has 0 saturated carbocycles. The molecule has 286 valence electrons. The molecule has 0 spiro atoms. The molecule has 2 aliphatic carbocycles. The first-order valence-electron chi connectivity index (χ1n) is 21.1. The van der Waals surface area contributed by atoms with Crippen molar-refractivity contribution in [1.82, 2.24) is 4.98 Å². The zero-order chi connectivity index (χ0) is 40.5. The molecule has 0 fully saturated rings. The van der Waals surface area contributed by atoms with Gasteiger partial charge in [0.1, 0.15) is 5.52 Å². The molecular weight excluding hydrogens is 727 g/mol. The van der Waals surface area contributed by atoms with Gasteiger partial charge in [0.25, 0.3) is 0 Å². The van der Waals surface area contributed by atoms with Gasteiger partial charge >= 0.3 is 0 Å². The number of para-hydroxylation sites is 2. The van der Waals surface area contributed by atoms with Crippen LogP contribution in [0.4, 0.5) is 0 Å².